The third-order valence-electron chi connectivity index (χ3n) is 6.12. The highest BCUT2D eigenvalue weighted by Gasteiger charge is 2.55. The summed E-state index contributed by atoms with van der Waals surface area (Å²) < 4.78 is 44.5. The van der Waals surface area contributed by atoms with E-state index in [1.54, 1.807) is 0 Å². The van der Waals surface area contributed by atoms with Gasteiger partial charge in [-0.15, -0.1) is 5.10 Å². The van der Waals surface area contributed by atoms with Gasteiger partial charge in [0.2, 0.25) is 0 Å². The molecule has 0 bridgehead atoms. The van der Waals surface area contributed by atoms with Crippen LogP contribution in [0, 0.1) is 5.92 Å². The fraction of sp³-hybridized carbons (Fsp3) is 0.500. The molecule has 2 fully saturated rings. The first-order chi connectivity index (χ1) is 15.6. The van der Waals surface area contributed by atoms with Crippen molar-refractivity contribution in [3.05, 3.63) is 35.7 Å². The minimum atomic E-state index is -4.48. The quantitative estimate of drug-likeness (QED) is 0.530. The monoisotopic (exact) mass is 466 g/mol. The molecule has 2 aromatic rings. The van der Waals surface area contributed by atoms with E-state index in [1.807, 2.05) is 6.92 Å². The van der Waals surface area contributed by atoms with E-state index < -0.39 is 48.3 Å². The molecule has 1 saturated carbocycles. The molecule has 33 heavy (non-hydrogen) atoms. The lowest BCUT2D eigenvalue weighted by molar-refractivity contribution is -0.149. The lowest BCUT2D eigenvalue weighted by atomic mass is 9.73. The van der Waals surface area contributed by atoms with Crippen LogP contribution in [0.4, 0.5) is 18.0 Å². The number of hydrogen-bond donors (Lipinski definition) is 1. The summed E-state index contributed by atoms with van der Waals surface area (Å²) in [5, 5.41) is 13.6. The predicted octanol–water partition coefficient (Wildman–Crippen LogP) is 2.22. The maximum atomic E-state index is 12.9. The van der Waals surface area contributed by atoms with E-state index in [0.717, 1.165) is 41.0 Å². The molecule has 176 valence electrons. The second-order valence-corrected chi connectivity index (χ2v) is 8.15. The molecular weight excluding hydrogens is 445 g/mol. The standard InChI is InChI=1S/C20H21F3N6O4/c1-12-4-2-3-9-19(12)17(31)28(18(32)24-19)10-16(30)33-11-15-25-26-27-29(15)14-7-5-13(6-8-14)20(21,22)23/h5-8,12H,2-4,9-11H2,1H3,(H,24,32). The molecule has 13 heteroatoms. The number of rotatable bonds is 5. The maximum Gasteiger partial charge on any atom is 0.416 e. The number of carbonyl (C=O) groups excluding carboxylic acids is 3. The Kier molecular flexibility index (Phi) is 5.80. The summed E-state index contributed by atoms with van der Waals surface area (Å²) in [5.74, 6) is -1.28. The molecule has 0 radical (unpaired) electrons. The first-order valence-corrected chi connectivity index (χ1v) is 10.4. The Morgan fingerprint density at radius 3 is 2.64 bits per heavy atom. The average Bonchev–Trinajstić information content (AvgIpc) is 3.33. The number of hydrogen-bond acceptors (Lipinski definition) is 7. The summed E-state index contributed by atoms with van der Waals surface area (Å²) in [4.78, 5) is 38.5. The molecule has 1 aromatic heterocycles. The van der Waals surface area contributed by atoms with E-state index in [-0.39, 0.29) is 17.4 Å². The number of ether oxygens (including phenoxy) is 1. The van der Waals surface area contributed by atoms with Crippen molar-refractivity contribution >= 4 is 17.9 Å². The lowest BCUT2D eigenvalue weighted by Gasteiger charge is -2.36. The van der Waals surface area contributed by atoms with Crippen LogP contribution in [0.3, 0.4) is 0 Å². The number of tetrazole rings is 1. The maximum absolute atomic E-state index is 12.9. The van der Waals surface area contributed by atoms with E-state index >= 15 is 0 Å². The van der Waals surface area contributed by atoms with Gasteiger partial charge in [-0.25, -0.2) is 4.79 Å². The summed E-state index contributed by atoms with van der Waals surface area (Å²) in [6, 6.07) is 3.49. The number of halogens is 3. The number of amides is 3. The number of benzene rings is 1. The Hall–Kier alpha value is -3.51. The van der Waals surface area contributed by atoms with Crippen molar-refractivity contribution in [2.75, 3.05) is 6.54 Å². The van der Waals surface area contributed by atoms with Crippen molar-refractivity contribution in [1.29, 1.82) is 0 Å². The van der Waals surface area contributed by atoms with E-state index in [9.17, 15) is 27.6 Å². The molecule has 2 aliphatic rings. The number of aromatic nitrogens is 4. The number of esters is 1. The van der Waals surface area contributed by atoms with Crippen LogP contribution in [0.2, 0.25) is 0 Å². The molecule has 2 unspecified atom stereocenters. The van der Waals surface area contributed by atoms with Crippen LogP contribution in [-0.2, 0) is 27.1 Å². The molecule has 1 spiro atoms. The van der Waals surface area contributed by atoms with Gasteiger partial charge in [0.05, 0.1) is 11.3 Å². The largest absolute Gasteiger partial charge is 0.456 e. The molecule has 2 atom stereocenters. The third kappa shape index (κ3) is 4.26. The van der Waals surface area contributed by atoms with Crippen LogP contribution in [0.5, 0.6) is 0 Å². The molecule has 1 N–H and O–H groups in total. The van der Waals surface area contributed by atoms with E-state index in [0.29, 0.717) is 6.42 Å². The van der Waals surface area contributed by atoms with Gasteiger partial charge in [-0.2, -0.15) is 17.9 Å². The second kappa shape index (κ2) is 8.45. The SMILES string of the molecule is CC1CCCCC12NC(=O)N(CC(=O)OCc1nnnn1-c1ccc(C(F)(F)F)cc1)C2=O. The summed E-state index contributed by atoms with van der Waals surface area (Å²) in [6.07, 6.45) is -1.38. The molecular formula is C20H21F3N6O4. The zero-order valence-corrected chi connectivity index (χ0v) is 17.6. The minimum Gasteiger partial charge on any atom is -0.456 e. The topological polar surface area (TPSA) is 119 Å². The smallest absolute Gasteiger partial charge is 0.416 e. The fourth-order valence-electron chi connectivity index (χ4n) is 4.25. The molecule has 4 rings (SSSR count). The Bertz CT molecular complexity index is 1070. The van der Waals surface area contributed by atoms with Crippen molar-refractivity contribution in [3.8, 4) is 5.69 Å². The van der Waals surface area contributed by atoms with Crippen LogP contribution in [-0.4, -0.2) is 55.1 Å². The molecule has 1 aliphatic carbocycles. The summed E-state index contributed by atoms with van der Waals surface area (Å²) in [5.41, 5.74) is -1.57. The summed E-state index contributed by atoms with van der Waals surface area (Å²) >= 11 is 0. The van der Waals surface area contributed by atoms with Crippen LogP contribution in [0.1, 0.15) is 44.0 Å². The van der Waals surface area contributed by atoms with Crippen LogP contribution in [0.25, 0.3) is 5.69 Å². The van der Waals surface area contributed by atoms with E-state index in [4.69, 9.17) is 4.74 Å². The Balaban J connectivity index is 1.39. The van der Waals surface area contributed by atoms with E-state index in [2.05, 4.69) is 20.8 Å². The Morgan fingerprint density at radius 1 is 1.24 bits per heavy atom. The summed E-state index contributed by atoms with van der Waals surface area (Å²) in [6.45, 7) is 0.930. The van der Waals surface area contributed by atoms with Gasteiger partial charge in [-0.3, -0.25) is 14.5 Å². The molecule has 1 aliphatic heterocycles. The van der Waals surface area contributed by atoms with Gasteiger partial charge in [0.25, 0.3) is 5.91 Å². The van der Waals surface area contributed by atoms with Gasteiger partial charge >= 0.3 is 18.2 Å². The minimum absolute atomic E-state index is 0.0444. The predicted molar refractivity (Wildman–Crippen MR) is 105 cm³/mol. The molecule has 1 aromatic carbocycles. The van der Waals surface area contributed by atoms with Gasteiger partial charge in [0.1, 0.15) is 12.1 Å². The Labute approximate surface area is 186 Å². The zero-order valence-electron chi connectivity index (χ0n) is 17.6. The van der Waals surface area contributed by atoms with Gasteiger partial charge in [-0.05, 0) is 53.5 Å². The lowest BCUT2D eigenvalue weighted by Crippen LogP contribution is -2.54. The van der Waals surface area contributed by atoms with Crippen molar-refractivity contribution in [2.24, 2.45) is 5.92 Å². The first-order valence-electron chi connectivity index (χ1n) is 10.4. The van der Waals surface area contributed by atoms with Crippen molar-refractivity contribution in [3.63, 3.8) is 0 Å². The number of urea groups is 1. The Morgan fingerprint density at radius 2 is 1.97 bits per heavy atom. The van der Waals surface area contributed by atoms with Crippen LogP contribution >= 0.6 is 0 Å². The van der Waals surface area contributed by atoms with E-state index in [1.165, 1.54) is 12.1 Å². The molecule has 2 heterocycles. The number of nitrogens with one attached hydrogen (secondary N) is 1. The van der Waals surface area contributed by atoms with Gasteiger partial charge in [-0.1, -0.05) is 19.8 Å². The van der Waals surface area contributed by atoms with Gasteiger partial charge < -0.3 is 10.1 Å². The number of alkyl halides is 3. The normalized spacial score (nSPS) is 23.2. The first kappa shape index (κ1) is 22.7. The van der Waals surface area contributed by atoms with Crippen LogP contribution < -0.4 is 5.32 Å². The third-order valence-corrected chi connectivity index (χ3v) is 6.12. The fourth-order valence-corrected chi connectivity index (χ4v) is 4.25. The molecule has 10 nitrogen and oxygen atoms in total. The average molecular weight is 466 g/mol. The molecule has 3 amide bonds. The highest BCUT2D eigenvalue weighted by molar-refractivity contribution is 6.08. The van der Waals surface area contributed by atoms with Crippen molar-refractivity contribution < 1.29 is 32.3 Å². The number of carbonyl (C=O) groups is 3. The molecule has 1 saturated heterocycles. The highest BCUT2D eigenvalue weighted by Crippen LogP contribution is 2.38. The number of nitrogens with zero attached hydrogens (tertiary/aromatic N) is 5. The van der Waals surface area contributed by atoms with Crippen molar-refractivity contribution in [2.45, 2.75) is 50.9 Å². The second-order valence-electron chi connectivity index (χ2n) is 8.15. The van der Waals surface area contributed by atoms with Crippen molar-refractivity contribution in [1.82, 2.24) is 30.4 Å². The summed E-state index contributed by atoms with van der Waals surface area (Å²) in [7, 11) is 0. The number of imide groups is 1. The highest BCUT2D eigenvalue weighted by atomic mass is 19.4. The van der Waals surface area contributed by atoms with Gasteiger partial charge in [0.15, 0.2) is 12.4 Å². The van der Waals surface area contributed by atoms with Gasteiger partial charge in [0, 0.05) is 0 Å². The van der Waals surface area contributed by atoms with Crippen LogP contribution in [0.15, 0.2) is 24.3 Å². The zero-order chi connectivity index (χ0) is 23.8.